The first kappa shape index (κ1) is 15.3. The molecule has 0 heterocycles. The predicted molar refractivity (Wildman–Crippen MR) is 86.0 cm³/mol. The summed E-state index contributed by atoms with van der Waals surface area (Å²) in [5, 5.41) is 3.34. The third-order valence-corrected chi connectivity index (χ3v) is 3.97. The van der Waals surface area contributed by atoms with Crippen LogP contribution in [0.5, 0.6) is 0 Å². The molecule has 0 aliphatic carbocycles. The monoisotopic (exact) mass is 282 g/mol. The van der Waals surface area contributed by atoms with Crippen molar-refractivity contribution in [3.63, 3.8) is 0 Å². The zero-order valence-corrected chi connectivity index (χ0v) is 12.8. The Kier molecular flexibility index (Phi) is 4.43. The van der Waals surface area contributed by atoms with Gasteiger partial charge in [0.1, 0.15) is 0 Å². The summed E-state index contributed by atoms with van der Waals surface area (Å²) in [7, 11) is 1.87. The molecule has 0 saturated carbocycles. The smallest absolute Gasteiger partial charge is 0.219 e. The van der Waals surface area contributed by atoms with Gasteiger partial charge in [0.2, 0.25) is 5.91 Å². The maximum absolute atomic E-state index is 11.7. The van der Waals surface area contributed by atoms with E-state index in [1.807, 2.05) is 37.4 Å². The van der Waals surface area contributed by atoms with Gasteiger partial charge >= 0.3 is 0 Å². The molecule has 0 aromatic heterocycles. The van der Waals surface area contributed by atoms with Crippen LogP contribution < -0.4 is 11.1 Å². The molecule has 2 aromatic carbocycles. The van der Waals surface area contributed by atoms with Crippen molar-refractivity contribution in [3.8, 4) is 0 Å². The molecular formula is C18H22N2O. The summed E-state index contributed by atoms with van der Waals surface area (Å²) < 4.78 is 0. The number of nitrogens with one attached hydrogen (secondary N) is 1. The van der Waals surface area contributed by atoms with Crippen LogP contribution in [0.25, 0.3) is 0 Å². The van der Waals surface area contributed by atoms with Crippen LogP contribution in [0.2, 0.25) is 0 Å². The Balaban J connectivity index is 2.67. The van der Waals surface area contributed by atoms with Crippen LogP contribution in [0.15, 0.2) is 48.5 Å². The Hall–Kier alpha value is -2.13. The van der Waals surface area contributed by atoms with Gasteiger partial charge in [0.25, 0.3) is 0 Å². The molecule has 3 N–H and O–H groups in total. The van der Waals surface area contributed by atoms with Crippen LogP contribution in [0.4, 0.5) is 0 Å². The number of benzene rings is 2. The van der Waals surface area contributed by atoms with E-state index in [9.17, 15) is 4.79 Å². The van der Waals surface area contributed by atoms with E-state index in [1.165, 1.54) is 5.56 Å². The van der Waals surface area contributed by atoms with E-state index in [1.54, 1.807) is 0 Å². The molecule has 2 rings (SSSR count). The molecule has 2 aromatic rings. The van der Waals surface area contributed by atoms with Crippen molar-refractivity contribution in [1.82, 2.24) is 5.32 Å². The van der Waals surface area contributed by atoms with Crippen molar-refractivity contribution in [2.24, 2.45) is 5.73 Å². The number of aryl methyl sites for hydroxylation is 2. The molecule has 1 unspecified atom stereocenters. The van der Waals surface area contributed by atoms with Crippen LogP contribution in [0, 0.1) is 13.8 Å². The Morgan fingerprint density at radius 1 is 1.14 bits per heavy atom. The number of carbonyl (C=O) groups is 1. The average molecular weight is 282 g/mol. The molecule has 1 amide bonds. The first-order chi connectivity index (χ1) is 9.99. The zero-order valence-electron chi connectivity index (χ0n) is 12.8. The van der Waals surface area contributed by atoms with E-state index >= 15 is 0 Å². The number of nitrogens with two attached hydrogens (primary N) is 1. The Labute approximate surface area is 126 Å². The molecule has 0 radical (unpaired) electrons. The van der Waals surface area contributed by atoms with E-state index in [4.69, 9.17) is 5.73 Å². The fourth-order valence-electron chi connectivity index (χ4n) is 3.00. The number of primary amides is 1. The highest BCUT2D eigenvalue weighted by molar-refractivity contribution is 5.76. The minimum atomic E-state index is -0.592. The lowest BCUT2D eigenvalue weighted by molar-refractivity contribution is -0.119. The minimum absolute atomic E-state index is 0.220. The lowest BCUT2D eigenvalue weighted by atomic mass is 9.77. The summed E-state index contributed by atoms with van der Waals surface area (Å²) in [6.45, 7) is 4.13. The zero-order chi connectivity index (χ0) is 15.5. The molecule has 0 saturated heterocycles. The number of hydrogen-bond acceptors (Lipinski definition) is 2. The van der Waals surface area contributed by atoms with Crippen molar-refractivity contribution in [2.75, 3.05) is 7.05 Å². The van der Waals surface area contributed by atoms with Crippen molar-refractivity contribution in [3.05, 3.63) is 70.8 Å². The lowest BCUT2D eigenvalue weighted by Crippen LogP contribution is -2.45. The molecule has 0 bridgehead atoms. The third kappa shape index (κ3) is 2.98. The highest BCUT2D eigenvalue weighted by atomic mass is 16.1. The topological polar surface area (TPSA) is 55.1 Å². The highest BCUT2D eigenvalue weighted by Crippen LogP contribution is 2.34. The number of amides is 1. The molecule has 1 atom stereocenters. The van der Waals surface area contributed by atoms with E-state index in [0.29, 0.717) is 0 Å². The minimum Gasteiger partial charge on any atom is -0.370 e. The van der Waals surface area contributed by atoms with Crippen molar-refractivity contribution >= 4 is 5.91 Å². The lowest BCUT2D eigenvalue weighted by Gasteiger charge is -2.35. The van der Waals surface area contributed by atoms with Gasteiger partial charge in [-0.15, -0.1) is 0 Å². The molecule has 110 valence electrons. The SMILES string of the molecule is CNC(CC(N)=O)(c1ccccc1)c1ccc(C)cc1C. The normalized spacial score (nSPS) is 13.7. The van der Waals surface area contributed by atoms with Gasteiger partial charge in [0, 0.05) is 0 Å². The van der Waals surface area contributed by atoms with Gasteiger partial charge in [-0.25, -0.2) is 0 Å². The third-order valence-electron chi connectivity index (χ3n) is 3.97. The van der Waals surface area contributed by atoms with E-state index in [-0.39, 0.29) is 12.3 Å². The molecule has 3 heteroatoms. The molecule has 3 nitrogen and oxygen atoms in total. The molecule has 0 aliphatic heterocycles. The van der Waals surface area contributed by atoms with Gasteiger partial charge in [-0.2, -0.15) is 0 Å². The first-order valence-corrected chi connectivity index (χ1v) is 7.10. The van der Waals surface area contributed by atoms with Crippen molar-refractivity contribution in [1.29, 1.82) is 0 Å². The van der Waals surface area contributed by atoms with Gasteiger partial charge in [0.15, 0.2) is 0 Å². The number of carbonyl (C=O) groups excluding carboxylic acids is 1. The Morgan fingerprint density at radius 3 is 2.33 bits per heavy atom. The van der Waals surface area contributed by atoms with E-state index in [0.717, 1.165) is 16.7 Å². The summed E-state index contributed by atoms with van der Waals surface area (Å²) in [4.78, 5) is 11.7. The quantitative estimate of drug-likeness (QED) is 0.885. The summed E-state index contributed by atoms with van der Waals surface area (Å²) in [5.74, 6) is -0.326. The van der Waals surface area contributed by atoms with Gasteiger partial charge in [0.05, 0.1) is 12.0 Å². The number of hydrogen-bond donors (Lipinski definition) is 2. The fraction of sp³-hybridized carbons (Fsp3) is 0.278. The Morgan fingerprint density at radius 2 is 1.81 bits per heavy atom. The van der Waals surface area contributed by atoms with Crippen LogP contribution in [0.1, 0.15) is 28.7 Å². The molecule has 0 aliphatic rings. The predicted octanol–water partition coefficient (Wildman–Crippen LogP) is 2.64. The van der Waals surface area contributed by atoms with Gasteiger partial charge in [-0.05, 0) is 37.6 Å². The fourth-order valence-corrected chi connectivity index (χ4v) is 3.00. The van der Waals surface area contributed by atoms with E-state index in [2.05, 4.69) is 37.4 Å². The van der Waals surface area contributed by atoms with Crippen LogP contribution in [0.3, 0.4) is 0 Å². The number of rotatable bonds is 5. The van der Waals surface area contributed by atoms with Crippen LogP contribution >= 0.6 is 0 Å². The maximum atomic E-state index is 11.7. The summed E-state index contributed by atoms with van der Waals surface area (Å²) >= 11 is 0. The molecular weight excluding hydrogens is 260 g/mol. The van der Waals surface area contributed by atoms with Gasteiger partial charge < -0.3 is 11.1 Å². The van der Waals surface area contributed by atoms with Crippen molar-refractivity contribution < 1.29 is 4.79 Å². The van der Waals surface area contributed by atoms with Gasteiger partial charge in [-0.3, -0.25) is 4.79 Å². The molecule has 0 fully saturated rings. The average Bonchev–Trinajstić information content (AvgIpc) is 2.46. The second kappa shape index (κ2) is 6.10. The highest BCUT2D eigenvalue weighted by Gasteiger charge is 2.35. The Bertz CT molecular complexity index is 637. The second-order valence-corrected chi connectivity index (χ2v) is 5.48. The molecule has 0 spiro atoms. The van der Waals surface area contributed by atoms with Gasteiger partial charge in [-0.1, -0.05) is 54.1 Å². The largest absolute Gasteiger partial charge is 0.370 e. The van der Waals surface area contributed by atoms with Crippen LogP contribution in [-0.4, -0.2) is 13.0 Å². The van der Waals surface area contributed by atoms with E-state index < -0.39 is 5.54 Å². The van der Waals surface area contributed by atoms with Crippen LogP contribution in [-0.2, 0) is 10.3 Å². The summed E-state index contributed by atoms with van der Waals surface area (Å²) in [6, 6.07) is 16.3. The first-order valence-electron chi connectivity index (χ1n) is 7.10. The standard InChI is InChI=1S/C18H22N2O/c1-13-9-10-16(14(2)11-13)18(20-3,12-17(19)21)15-7-5-4-6-8-15/h4-11,20H,12H2,1-3H3,(H2,19,21). The second-order valence-electron chi connectivity index (χ2n) is 5.48. The maximum Gasteiger partial charge on any atom is 0.219 e. The summed E-state index contributed by atoms with van der Waals surface area (Å²) in [5.41, 5.74) is 9.41. The van der Waals surface area contributed by atoms with Crippen molar-refractivity contribution in [2.45, 2.75) is 25.8 Å². The molecule has 21 heavy (non-hydrogen) atoms. The summed E-state index contributed by atoms with van der Waals surface area (Å²) in [6.07, 6.45) is 0.220.